The van der Waals surface area contributed by atoms with Gasteiger partial charge in [-0.2, -0.15) is 0 Å². The van der Waals surface area contributed by atoms with Gasteiger partial charge in [0, 0.05) is 30.6 Å². The van der Waals surface area contributed by atoms with E-state index in [9.17, 15) is 0 Å². The molecule has 0 saturated carbocycles. The molecular weight excluding hydrogens is 254 g/mol. The molecule has 3 nitrogen and oxygen atoms in total. The van der Waals surface area contributed by atoms with Crippen LogP contribution in [-0.4, -0.2) is 28.5 Å². The average molecular weight is 273 g/mol. The minimum absolute atomic E-state index is 0.230. The van der Waals surface area contributed by atoms with Gasteiger partial charge < -0.3 is 10.6 Å². The van der Waals surface area contributed by atoms with Crippen molar-refractivity contribution in [1.82, 2.24) is 9.88 Å². The maximum absolute atomic E-state index is 5.66. The molecule has 0 spiro atoms. The third kappa shape index (κ3) is 3.49. The molecule has 100 valence electrons. The van der Waals surface area contributed by atoms with Crippen molar-refractivity contribution < 1.29 is 0 Å². The van der Waals surface area contributed by atoms with Gasteiger partial charge in [-0.1, -0.05) is 37.3 Å². The molecule has 0 amide bonds. The van der Waals surface area contributed by atoms with E-state index < -0.39 is 0 Å². The number of hydrogen-bond acceptors (Lipinski definition) is 3. The van der Waals surface area contributed by atoms with Gasteiger partial charge in [0.1, 0.15) is 0 Å². The summed E-state index contributed by atoms with van der Waals surface area (Å²) in [5.74, 6) is 0.230. The normalized spacial score (nSPS) is 12.8. The SMILES string of the molecule is CC(CN(C)Cc1ccnc2ccccc12)C(N)=S. The predicted molar refractivity (Wildman–Crippen MR) is 84.0 cm³/mol. The first-order valence-corrected chi connectivity index (χ1v) is 6.79. The van der Waals surface area contributed by atoms with Crippen molar-refractivity contribution in [3.05, 3.63) is 42.1 Å². The predicted octanol–water partition coefficient (Wildman–Crippen LogP) is 2.59. The molecule has 1 heterocycles. The van der Waals surface area contributed by atoms with Crippen LogP contribution < -0.4 is 5.73 Å². The van der Waals surface area contributed by atoms with Gasteiger partial charge in [-0.15, -0.1) is 0 Å². The third-order valence-electron chi connectivity index (χ3n) is 3.25. The Morgan fingerprint density at radius 2 is 2.11 bits per heavy atom. The minimum Gasteiger partial charge on any atom is -0.393 e. The smallest absolute Gasteiger partial charge is 0.0768 e. The highest BCUT2D eigenvalue weighted by atomic mass is 32.1. The number of rotatable bonds is 5. The Morgan fingerprint density at radius 1 is 1.37 bits per heavy atom. The number of thiocarbonyl (C=S) groups is 1. The summed E-state index contributed by atoms with van der Waals surface area (Å²) in [7, 11) is 2.09. The second kappa shape index (κ2) is 6.08. The minimum atomic E-state index is 0.230. The van der Waals surface area contributed by atoms with Gasteiger partial charge >= 0.3 is 0 Å². The molecule has 0 bridgehead atoms. The Morgan fingerprint density at radius 3 is 2.84 bits per heavy atom. The monoisotopic (exact) mass is 273 g/mol. The van der Waals surface area contributed by atoms with Crippen LogP contribution in [0, 0.1) is 5.92 Å². The van der Waals surface area contributed by atoms with Crippen molar-refractivity contribution in [2.45, 2.75) is 13.5 Å². The van der Waals surface area contributed by atoms with Crippen molar-refractivity contribution in [2.75, 3.05) is 13.6 Å². The number of nitrogens with zero attached hydrogens (tertiary/aromatic N) is 2. The Bertz CT molecular complexity index is 577. The molecule has 4 heteroatoms. The van der Waals surface area contributed by atoms with Gasteiger partial charge in [0.2, 0.25) is 0 Å². The van der Waals surface area contributed by atoms with E-state index in [1.54, 1.807) is 0 Å². The van der Waals surface area contributed by atoms with Crippen LogP contribution in [0.25, 0.3) is 10.9 Å². The van der Waals surface area contributed by atoms with E-state index in [0.717, 1.165) is 18.6 Å². The Hall–Kier alpha value is -1.52. The van der Waals surface area contributed by atoms with E-state index >= 15 is 0 Å². The third-order valence-corrected chi connectivity index (χ3v) is 3.65. The van der Waals surface area contributed by atoms with Crippen molar-refractivity contribution in [3.63, 3.8) is 0 Å². The van der Waals surface area contributed by atoms with Crippen LogP contribution in [0.4, 0.5) is 0 Å². The quantitative estimate of drug-likeness (QED) is 0.850. The zero-order valence-corrected chi connectivity index (χ0v) is 12.2. The Balaban J connectivity index is 2.15. The Kier molecular flexibility index (Phi) is 4.45. The molecule has 19 heavy (non-hydrogen) atoms. The summed E-state index contributed by atoms with van der Waals surface area (Å²) in [6.45, 7) is 3.80. The largest absolute Gasteiger partial charge is 0.393 e. The van der Waals surface area contributed by atoms with Gasteiger partial charge in [-0.05, 0) is 24.7 Å². The van der Waals surface area contributed by atoms with E-state index in [1.165, 1.54) is 10.9 Å². The fourth-order valence-electron chi connectivity index (χ4n) is 2.21. The summed E-state index contributed by atoms with van der Waals surface area (Å²) in [4.78, 5) is 7.20. The number of aromatic nitrogens is 1. The second-order valence-electron chi connectivity index (χ2n) is 4.99. The van der Waals surface area contributed by atoms with E-state index in [2.05, 4.69) is 36.0 Å². The van der Waals surface area contributed by atoms with E-state index in [0.29, 0.717) is 4.99 Å². The second-order valence-corrected chi connectivity index (χ2v) is 5.46. The van der Waals surface area contributed by atoms with Gasteiger partial charge in [-0.3, -0.25) is 4.98 Å². The summed E-state index contributed by atoms with van der Waals surface area (Å²) < 4.78 is 0. The van der Waals surface area contributed by atoms with Gasteiger partial charge in [0.15, 0.2) is 0 Å². The molecule has 1 aromatic carbocycles. The van der Waals surface area contributed by atoms with Crippen LogP contribution in [0.1, 0.15) is 12.5 Å². The fraction of sp³-hybridized carbons (Fsp3) is 0.333. The van der Waals surface area contributed by atoms with Crippen LogP contribution in [0.3, 0.4) is 0 Å². The van der Waals surface area contributed by atoms with Crippen molar-refractivity contribution >= 4 is 28.1 Å². The standard InChI is InChI=1S/C15H19N3S/c1-11(15(16)19)9-18(2)10-12-7-8-17-14-6-4-3-5-13(12)14/h3-8,11H,9-10H2,1-2H3,(H2,16,19). The molecule has 0 fully saturated rings. The first-order chi connectivity index (χ1) is 9.08. The maximum Gasteiger partial charge on any atom is 0.0768 e. The molecule has 2 aromatic rings. The zero-order chi connectivity index (χ0) is 13.8. The number of benzene rings is 1. The fourth-order valence-corrected chi connectivity index (χ4v) is 2.28. The zero-order valence-electron chi connectivity index (χ0n) is 11.3. The first-order valence-electron chi connectivity index (χ1n) is 6.38. The molecule has 0 aliphatic heterocycles. The topological polar surface area (TPSA) is 42.2 Å². The lowest BCUT2D eigenvalue weighted by Gasteiger charge is -2.21. The highest BCUT2D eigenvalue weighted by Crippen LogP contribution is 2.17. The van der Waals surface area contributed by atoms with Crippen LogP contribution in [-0.2, 0) is 6.54 Å². The molecule has 0 aliphatic carbocycles. The molecule has 0 aliphatic rings. The van der Waals surface area contributed by atoms with Crippen LogP contribution >= 0.6 is 12.2 Å². The van der Waals surface area contributed by atoms with Crippen LogP contribution in [0.15, 0.2) is 36.5 Å². The summed E-state index contributed by atoms with van der Waals surface area (Å²) in [6.07, 6.45) is 1.86. The first kappa shape index (κ1) is 13.9. The lowest BCUT2D eigenvalue weighted by Crippen LogP contribution is -2.31. The number of pyridine rings is 1. The molecule has 1 aromatic heterocycles. The highest BCUT2D eigenvalue weighted by molar-refractivity contribution is 7.80. The average Bonchev–Trinajstić information content (AvgIpc) is 2.39. The van der Waals surface area contributed by atoms with E-state index in [4.69, 9.17) is 18.0 Å². The molecule has 0 radical (unpaired) electrons. The van der Waals surface area contributed by atoms with E-state index in [-0.39, 0.29) is 5.92 Å². The number of nitrogens with two attached hydrogens (primary N) is 1. The maximum atomic E-state index is 5.66. The molecule has 1 atom stereocenters. The molecular formula is C15H19N3S. The van der Waals surface area contributed by atoms with Crippen LogP contribution in [0.5, 0.6) is 0 Å². The number of hydrogen-bond donors (Lipinski definition) is 1. The van der Waals surface area contributed by atoms with Gasteiger partial charge in [0.25, 0.3) is 0 Å². The number of fused-ring (bicyclic) bond motifs is 1. The lowest BCUT2D eigenvalue weighted by molar-refractivity contribution is 0.309. The van der Waals surface area contributed by atoms with Gasteiger partial charge in [0.05, 0.1) is 10.5 Å². The van der Waals surface area contributed by atoms with Gasteiger partial charge in [-0.25, -0.2) is 0 Å². The molecule has 1 unspecified atom stereocenters. The summed E-state index contributed by atoms with van der Waals surface area (Å²) in [5, 5.41) is 1.21. The highest BCUT2D eigenvalue weighted by Gasteiger charge is 2.10. The summed E-state index contributed by atoms with van der Waals surface area (Å²) in [6, 6.07) is 10.3. The Labute approximate surface area is 119 Å². The summed E-state index contributed by atoms with van der Waals surface area (Å²) >= 11 is 5.02. The van der Waals surface area contributed by atoms with Crippen molar-refractivity contribution in [2.24, 2.45) is 11.7 Å². The molecule has 0 saturated heterocycles. The van der Waals surface area contributed by atoms with Crippen LogP contribution in [0.2, 0.25) is 0 Å². The molecule has 2 N–H and O–H groups in total. The molecule has 2 rings (SSSR count). The van der Waals surface area contributed by atoms with Crippen molar-refractivity contribution in [3.8, 4) is 0 Å². The van der Waals surface area contributed by atoms with Crippen molar-refractivity contribution in [1.29, 1.82) is 0 Å². The van der Waals surface area contributed by atoms with E-state index in [1.807, 2.05) is 24.4 Å². The number of para-hydroxylation sites is 1. The summed E-state index contributed by atoms with van der Waals surface area (Å²) in [5.41, 5.74) is 7.98. The lowest BCUT2D eigenvalue weighted by atomic mass is 10.1.